The van der Waals surface area contributed by atoms with Gasteiger partial charge in [-0.2, -0.15) is 0 Å². The first kappa shape index (κ1) is 12.0. The molecule has 1 aliphatic rings. The highest BCUT2D eigenvalue weighted by atomic mass is 15.2. The molecule has 2 N–H and O–H groups in total. The van der Waals surface area contributed by atoms with Crippen LogP contribution < -0.4 is 5.73 Å². The summed E-state index contributed by atoms with van der Waals surface area (Å²) in [5.74, 6) is 0. The zero-order valence-corrected chi connectivity index (χ0v) is 10.4. The van der Waals surface area contributed by atoms with Gasteiger partial charge in [0.15, 0.2) is 0 Å². The van der Waals surface area contributed by atoms with Crippen molar-refractivity contribution in [2.75, 3.05) is 13.1 Å². The minimum atomic E-state index is -0.102. The van der Waals surface area contributed by atoms with E-state index in [1.165, 1.54) is 19.4 Å². The quantitative estimate of drug-likeness (QED) is 0.753. The third-order valence-corrected chi connectivity index (χ3v) is 4.03. The molecule has 1 saturated heterocycles. The second kappa shape index (κ2) is 3.82. The van der Waals surface area contributed by atoms with Crippen LogP contribution in [0.25, 0.3) is 0 Å². The van der Waals surface area contributed by atoms with Crippen LogP contribution in [0.3, 0.4) is 0 Å². The summed E-state index contributed by atoms with van der Waals surface area (Å²) in [6, 6.07) is 0.747. The van der Waals surface area contributed by atoms with Crippen molar-refractivity contribution >= 4 is 0 Å². The summed E-state index contributed by atoms with van der Waals surface area (Å²) in [6.45, 7) is 13.5. The lowest BCUT2D eigenvalue weighted by atomic mass is 9.75. The molecule has 0 aromatic carbocycles. The minimum absolute atomic E-state index is 0.102. The molecule has 1 fully saturated rings. The van der Waals surface area contributed by atoms with Gasteiger partial charge >= 0.3 is 0 Å². The molecule has 2 nitrogen and oxygen atoms in total. The van der Waals surface area contributed by atoms with E-state index < -0.39 is 0 Å². The molecule has 1 heterocycles. The predicted octanol–water partition coefficient (Wildman–Crippen LogP) is 2.23. The average molecular weight is 198 g/mol. The molecule has 0 saturated carbocycles. The molecule has 0 aromatic rings. The first-order valence-corrected chi connectivity index (χ1v) is 5.77. The van der Waals surface area contributed by atoms with E-state index in [0.29, 0.717) is 0 Å². The standard InChI is InChI=1S/C12H26N2/c1-10-7-6-8-14(10)9-11(2,3)12(4,5)13/h10H,6-9,13H2,1-5H3. The van der Waals surface area contributed by atoms with Crippen molar-refractivity contribution in [3.63, 3.8) is 0 Å². The van der Waals surface area contributed by atoms with Gasteiger partial charge in [-0.15, -0.1) is 0 Å². The van der Waals surface area contributed by atoms with Gasteiger partial charge in [-0.05, 0) is 45.6 Å². The monoisotopic (exact) mass is 198 g/mol. The largest absolute Gasteiger partial charge is 0.325 e. The van der Waals surface area contributed by atoms with Gasteiger partial charge in [-0.1, -0.05) is 13.8 Å². The van der Waals surface area contributed by atoms with Crippen molar-refractivity contribution in [1.82, 2.24) is 4.90 Å². The fraction of sp³-hybridized carbons (Fsp3) is 1.00. The Labute approximate surface area is 88.8 Å². The second-order valence-electron chi connectivity index (χ2n) is 6.07. The summed E-state index contributed by atoms with van der Waals surface area (Å²) in [4.78, 5) is 2.58. The molecule has 1 atom stereocenters. The van der Waals surface area contributed by atoms with Gasteiger partial charge in [0.2, 0.25) is 0 Å². The summed E-state index contributed by atoms with van der Waals surface area (Å²) in [7, 11) is 0. The Hall–Kier alpha value is -0.0800. The highest BCUT2D eigenvalue weighted by Crippen LogP contribution is 2.31. The SMILES string of the molecule is CC1CCCN1CC(C)(C)C(C)(C)N. The molecular weight excluding hydrogens is 172 g/mol. The third kappa shape index (κ3) is 2.48. The van der Waals surface area contributed by atoms with E-state index in [1.807, 2.05) is 0 Å². The van der Waals surface area contributed by atoms with Crippen molar-refractivity contribution in [3.05, 3.63) is 0 Å². The van der Waals surface area contributed by atoms with Gasteiger partial charge < -0.3 is 10.6 Å². The highest BCUT2D eigenvalue weighted by Gasteiger charge is 2.36. The van der Waals surface area contributed by atoms with Crippen LogP contribution >= 0.6 is 0 Å². The Morgan fingerprint density at radius 2 is 1.86 bits per heavy atom. The number of nitrogens with zero attached hydrogens (tertiary/aromatic N) is 1. The van der Waals surface area contributed by atoms with Crippen LogP contribution in [0.5, 0.6) is 0 Å². The lowest BCUT2D eigenvalue weighted by Crippen LogP contribution is -2.53. The van der Waals surface area contributed by atoms with Crippen LogP contribution in [0.1, 0.15) is 47.5 Å². The van der Waals surface area contributed by atoms with E-state index in [0.717, 1.165) is 12.6 Å². The molecule has 1 aliphatic heterocycles. The van der Waals surface area contributed by atoms with Crippen molar-refractivity contribution in [3.8, 4) is 0 Å². The van der Waals surface area contributed by atoms with Gasteiger partial charge in [-0.3, -0.25) is 0 Å². The van der Waals surface area contributed by atoms with Crippen molar-refractivity contribution in [1.29, 1.82) is 0 Å². The van der Waals surface area contributed by atoms with E-state index in [1.54, 1.807) is 0 Å². The third-order valence-electron chi connectivity index (χ3n) is 4.03. The highest BCUT2D eigenvalue weighted by molar-refractivity contribution is 4.93. The summed E-state index contributed by atoms with van der Waals surface area (Å²) >= 11 is 0. The maximum atomic E-state index is 6.21. The van der Waals surface area contributed by atoms with Gasteiger partial charge in [0, 0.05) is 18.1 Å². The Bertz CT molecular complexity index is 191. The zero-order chi connectivity index (χ0) is 11.0. The van der Waals surface area contributed by atoms with Crippen LogP contribution in [-0.4, -0.2) is 29.6 Å². The zero-order valence-electron chi connectivity index (χ0n) is 10.4. The summed E-state index contributed by atoms with van der Waals surface area (Å²) in [5.41, 5.74) is 6.29. The molecule has 0 aromatic heterocycles. The fourth-order valence-corrected chi connectivity index (χ4v) is 1.94. The minimum Gasteiger partial charge on any atom is -0.325 e. The molecule has 0 radical (unpaired) electrons. The Balaban J connectivity index is 2.58. The number of nitrogens with two attached hydrogens (primary N) is 1. The fourth-order valence-electron chi connectivity index (χ4n) is 1.94. The maximum absolute atomic E-state index is 6.21. The van der Waals surface area contributed by atoms with E-state index in [9.17, 15) is 0 Å². The molecule has 84 valence electrons. The molecule has 1 unspecified atom stereocenters. The van der Waals surface area contributed by atoms with Crippen LogP contribution in [0.2, 0.25) is 0 Å². The lowest BCUT2D eigenvalue weighted by Gasteiger charge is -2.42. The predicted molar refractivity (Wildman–Crippen MR) is 62.3 cm³/mol. The van der Waals surface area contributed by atoms with Crippen LogP contribution in [0.15, 0.2) is 0 Å². The van der Waals surface area contributed by atoms with Crippen LogP contribution in [-0.2, 0) is 0 Å². The van der Waals surface area contributed by atoms with Crippen molar-refractivity contribution < 1.29 is 0 Å². The van der Waals surface area contributed by atoms with E-state index in [-0.39, 0.29) is 11.0 Å². The smallest absolute Gasteiger partial charge is 0.0161 e. The van der Waals surface area contributed by atoms with Gasteiger partial charge in [0.1, 0.15) is 0 Å². The first-order chi connectivity index (χ1) is 6.24. The van der Waals surface area contributed by atoms with Gasteiger partial charge in [0.05, 0.1) is 0 Å². The Morgan fingerprint density at radius 1 is 1.29 bits per heavy atom. The number of hydrogen-bond acceptors (Lipinski definition) is 2. The number of hydrogen-bond donors (Lipinski definition) is 1. The molecule has 14 heavy (non-hydrogen) atoms. The molecule has 0 amide bonds. The van der Waals surface area contributed by atoms with Gasteiger partial charge in [-0.25, -0.2) is 0 Å². The summed E-state index contributed by atoms with van der Waals surface area (Å²) in [6.07, 6.45) is 2.70. The normalized spacial score (nSPS) is 25.7. The van der Waals surface area contributed by atoms with Crippen LogP contribution in [0, 0.1) is 5.41 Å². The van der Waals surface area contributed by atoms with Crippen molar-refractivity contribution in [2.24, 2.45) is 11.1 Å². The number of rotatable bonds is 3. The number of likely N-dealkylation sites (tertiary alicyclic amines) is 1. The van der Waals surface area contributed by atoms with E-state index >= 15 is 0 Å². The lowest BCUT2D eigenvalue weighted by molar-refractivity contribution is 0.109. The first-order valence-electron chi connectivity index (χ1n) is 5.77. The Kier molecular flexibility index (Phi) is 3.27. The Morgan fingerprint density at radius 3 is 2.21 bits per heavy atom. The average Bonchev–Trinajstić information content (AvgIpc) is 2.33. The summed E-state index contributed by atoms with van der Waals surface area (Å²) in [5, 5.41) is 0. The van der Waals surface area contributed by atoms with E-state index in [2.05, 4.69) is 39.5 Å². The van der Waals surface area contributed by atoms with Crippen LogP contribution in [0.4, 0.5) is 0 Å². The molecular formula is C12H26N2. The molecule has 0 spiro atoms. The molecule has 1 rings (SSSR count). The van der Waals surface area contributed by atoms with Crippen molar-refractivity contribution in [2.45, 2.75) is 59.0 Å². The molecule has 2 heteroatoms. The topological polar surface area (TPSA) is 29.3 Å². The summed E-state index contributed by atoms with van der Waals surface area (Å²) < 4.78 is 0. The second-order valence-corrected chi connectivity index (χ2v) is 6.07. The van der Waals surface area contributed by atoms with Gasteiger partial charge in [0.25, 0.3) is 0 Å². The van der Waals surface area contributed by atoms with E-state index in [4.69, 9.17) is 5.73 Å². The molecule has 0 bridgehead atoms. The molecule has 0 aliphatic carbocycles. The maximum Gasteiger partial charge on any atom is 0.0161 e.